The van der Waals surface area contributed by atoms with E-state index in [0.29, 0.717) is 98.9 Å². The average Bonchev–Trinajstić information content (AvgIpc) is 1.04. The number of phenolic OH excluding ortho intramolecular Hbond substituents is 1. The van der Waals surface area contributed by atoms with Gasteiger partial charge in [0, 0.05) is 82.0 Å². The number of benzene rings is 11. The van der Waals surface area contributed by atoms with Crippen molar-refractivity contribution < 1.29 is 38.2 Å². The zero-order valence-electron chi connectivity index (χ0n) is 46.8. The Morgan fingerprint density at radius 1 is 0.451 bits per heavy atom. The molecule has 2 heterocycles. The first-order valence-electron chi connectivity index (χ1n) is 28.1. The molecule has 2 amide bonds. The van der Waals surface area contributed by atoms with Gasteiger partial charge in [-0.3, -0.25) is 14.4 Å². The Bertz CT molecular complexity index is 4660. The molecule has 11 aromatic carbocycles. The summed E-state index contributed by atoms with van der Waals surface area (Å²) in [5.74, 6) is -0.170. The number of imide groups is 1. The third-order valence-electron chi connectivity index (χ3n) is 16.5. The molecule has 0 spiro atoms. The lowest BCUT2D eigenvalue weighted by molar-refractivity contribution is 0.0892. The molecule has 82 heavy (non-hydrogen) atoms. The van der Waals surface area contributed by atoms with Crippen LogP contribution in [-0.2, 0) is 0 Å². The molecule has 0 fully saturated rings. The van der Waals surface area contributed by atoms with Gasteiger partial charge < -0.3 is 29.1 Å². The van der Waals surface area contributed by atoms with Gasteiger partial charge in [0.25, 0.3) is 11.8 Å². The highest BCUT2D eigenvalue weighted by atomic mass is 16.5. The van der Waals surface area contributed by atoms with Gasteiger partial charge in [-0.2, -0.15) is 0 Å². The molecule has 1 atom stereocenters. The lowest BCUT2D eigenvalue weighted by atomic mass is 9.81. The van der Waals surface area contributed by atoms with E-state index in [4.69, 9.17) is 13.6 Å². The summed E-state index contributed by atoms with van der Waals surface area (Å²) >= 11 is 0. The number of fused-ring (bicyclic) bond motifs is 4. The van der Waals surface area contributed by atoms with Crippen LogP contribution in [0.5, 0.6) is 17.2 Å². The predicted octanol–water partition coefficient (Wildman–Crippen LogP) is 18.9. The fourth-order valence-electron chi connectivity index (χ4n) is 12.7. The van der Waals surface area contributed by atoms with Crippen LogP contribution in [0.4, 0.5) is 11.4 Å². The first-order chi connectivity index (χ1) is 39.6. The standard InChI is InChI=1S/C72H60N2O8/c1-37(2)42-23-17-24-43(38(3)4)68(42)73-70(77)52-34-59(81-55-28-14-10-20-47(55)46-19-9-13-27-54(46)76)63-50-31-32-51-62-53(72(79)74(71(51)78)69-44(39(5)6)25-18-26-45(69)40(7)8)35-60-65(64(50)62)66-58(33-41(36-75)61(52)67(63)66)80-56-29-15-11-21-48(56)49-22-12-16-30-57(49)82-60/h9-40,70,73,76-77H,1-8H3. The molecule has 0 radical (unpaired) electrons. The van der Waals surface area contributed by atoms with Gasteiger partial charge in [-0.1, -0.05) is 171 Å². The van der Waals surface area contributed by atoms with Crippen molar-refractivity contribution in [3.05, 3.63) is 208 Å². The minimum atomic E-state index is -1.44. The first-order valence-corrected chi connectivity index (χ1v) is 28.1. The maximum Gasteiger partial charge on any atom is 0.266 e. The number of hydrogen-bond donors (Lipinski definition) is 3. The van der Waals surface area contributed by atoms with Crippen LogP contribution in [0.2, 0.25) is 0 Å². The van der Waals surface area contributed by atoms with Crippen LogP contribution in [0, 0.1) is 0 Å². The van der Waals surface area contributed by atoms with Crippen LogP contribution in [0.1, 0.15) is 144 Å². The number of aliphatic hydroxyl groups excluding tert-OH is 1. The summed E-state index contributed by atoms with van der Waals surface area (Å²) in [5.41, 5.74) is 8.90. The number of carbonyl (C=O) groups is 3. The van der Waals surface area contributed by atoms with Crippen molar-refractivity contribution >= 4 is 106 Å². The van der Waals surface area contributed by atoms with Crippen molar-refractivity contribution in [3.63, 3.8) is 0 Å². The molecular formula is C72H60N2O8. The molecule has 13 rings (SSSR count). The number of ether oxygens (including phenoxy) is 1. The summed E-state index contributed by atoms with van der Waals surface area (Å²) in [5, 5.41) is 33.5. The van der Waals surface area contributed by atoms with Crippen LogP contribution < -0.4 is 15.0 Å². The second-order valence-electron chi connectivity index (χ2n) is 22.8. The zero-order valence-corrected chi connectivity index (χ0v) is 46.8. The van der Waals surface area contributed by atoms with Gasteiger partial charge in [0.1, 0.15) is 39.6 Å². The number of rotatable bonds is 12. The molecule has 1 unspecified atom stereocenters. The minimum Gasteiger partial charge on any atom is -0.507 e. The van der Waals surface area contributed by atoms with Gasteiger partial charge in [0.15, 0.2) is 12.5 Å². The fraction of sp³-hybridized carbons (Fsp3) is 0.181. The largest absolute Gasteiger partial charge is 0.507 e. The van der Waals surface area contributed by atoms with Crippen molar-refractivity contribution in [1.29, 1.82) is 0 Å². The maximum atomic E-state index is 16.0. The summed E-state index contributed by atoms with van der Waals surface area (Å²) in [7, 11) is 0. The number of phenols is 1. The van der Waals surface area contributed by atoms with Crippen LogP contribution in [0.3, 0.4) is 0 Å². The number of hydrogen-bond acceptors (Lipinski definition) is 9. The fourth-order valence-corrected chi connectivity index (χ4v) is 12.7. The van der Waals surface area contributed by atoms with E-state index in [0.717, 1.165) is 39.6 Å². The van der Waals surface area contributed by atoms with E-state index in [1.165, 1.54) is 4.90 Å². The van der Waals surface area contributed by atoms with Crippen molar-refractivity contribution in [1.82, 2.24) is 0 Å². The molecule has 12 aromatic rings. The zero-order chi connectivity index (χ0) is 57.0. The number of aromatic hydroxyl groups is 1. The van der Waals surface area contributed by atoms with E-state index in [9.17, 15) is 15.0 Å². The van der Waals surface area contributed by atoms with Gasteiger partial charge in [-0.05, 0) is 99.8 Å². The Hall–Kier alpha value is -9.51. The third kappa shape index (κ3) is 8.06. The van der Waals surface area contributed by atoms with Crippen molar-refractivity contribution in [2.24, 2.45) is 0 Å². The number of nitrogens with one attached hydrogen (secondary N) is 1. The highest BCUT2D eigenvalue weighted by Gasteiger charge is 2.40. The predicted molar refractivity (Wildman–Crippen MR) is 330 cm³/mol. The molecule has 0 bridgehead atoms. The van der Waals surface area contributed by atoms with Crippen LogP contribution in [0.15, 0.2) is 173 Å². The van der Waals surface area contributed by atoms with Crippen molar-refractivity contribution in [2.45, 2.75) is 85.3 Å². The molecule has 10 nitrogen and oxygen atoms in total. The molecule has 1 aliphatic heterocycles. The third-order valence-corrected chi connectivity index (χ3v) is 16.5. The highest BCUT2D eigenvalue weighted by Crippen LogP contribution is 2.54. The Labute approximate surface area is 473 Å². The first kappa shape index (κ1) is 51.9. The topological polar surface area (TPSA) is 142 Å². The summed E-state index contributed by atoms with van der Waals surface area (Å²) in [6.45, 7) is 16.7. The van der Waals surface area contributed by atoms with E-state index < -0.39 is 18.0 Å². The van der Waals surface area contributed by atoms with E-state index in [1.807, 2.05) is 115 Å². The van der Waals surface area contributed by atoms with Gasteiger partial charge in [-0.15, -0.1) is 0 Å². The van der Waals surface area contributed by atoms with E-state index >= 15 is 9.59 Å². The number of anilines is 2. The molecule has 406 valence electrons. The number of amides is 2. The average molecular weight is 1080 g/mol. The smallest absolute Gasteiger partial charge is 0.266 e. The van der Waals surface area contributed by atoms with Gasteiger partial charge in [-0.25, -0.2) is 4.90 Å². The van der Waals surface area contributed by atoms with Crippen LogP contribution >= 0.6 is 0 Å². The second kappa shape index (κ2) is 19.9. The Kier molecular flexibility index (Phi) is 12.6. The van der Waals surface area contributed by atoms with E-state index in [-0.39, 0.29) is 51.9 Å². The molecular weight excluding hydrogens is 1020 g/mol. The summed E-state index contributed by atoms with van der Waals surface area (Å²) < 4.78 is 22.0. The monoisotopic (exact) mass is 1080 g/mol. The number of nitrogens with zero attached hydrogens (tertiary/aromatic N) is 1. The lowest BCUT2D eigenvalue weighted by Gasteiger charge is -2.33. The summed E-state index contributed by atoms with van der Waals surface area (Å²) in [6.07, 6.45) is -0.654. The molecule has 3 N–H and O–H groups in total. The normalized spacial score (nSPS) is 13.2. The highest BCUT2D eigenvalue weighted by molar-refractivity contribution is 6.46. The van der Waals surface area contributed by atoms with E-state index in [1.54, 1.807) is 36.4 Å². The van der Waals surface area contributed by atoms with Gasteiger partial charge >= 0.3 is 0 Å². The SMILES string of the molecule is CC(C)c1cccc(C(C)C)c1NC(O)c1cc(Oc2ccccc2-c2ccccc2O)c2c3ccc4c5c(cc6oc7ccccc7c7ccccc7oc7cc(C=O)c1c2c7c6c53)C(=O)N(c1c(C(C)C)cccc1C(C)C)C4=O. The van der Waals surface area contributed by atoms with Gasteiger partial charge in [0.05, 0.1) is 11.3 Å². The number of aldehydes is 1. The van der Waals surface area contributed by atoms with Crippen LogP contribution in [-0.4, -0.2) is 28.3 Å². The number of carbonyl (C=O) groups excluding carboxylic acids is 3. The Morgan fingerprint density at radius 2 is 0.988 bits per heavy atom. The number of para-hydroxylation sites is 6. The Balaban J connectivity index is 1.25. The van der Waals surface area contributed by atoms with E-state index in [2.05, 4.69) is 72.8 Å². The summed E-state index contributed by atoms with van der Waals surface area (Å²) in [6, 6.07) is 50.8. The van der Waals surface area contributed by atoms with Crippen molar-refractivity contribution in [2.75, 3.05) is 10.2 Å². The maximum absolute atomic E-state index is 16.0. The molecule has 0 saturated heterocycles. The minimum absolute atomic E-state index is 0.0308. The summed E-state index contributed by atoms with van der Waals surface area (Å²) in [4.78, 5) is 47.3. The number of aliphatic hydroxyl groups is 1. The molecule has 10 heteroatoms. The quantitative estimate of drug-likeness (QED) is 0.0358. The molecule has 1 aliphatic rings. The molecule has 0 aliphatic carbocycles. The molecule has 0 saturated carbocycles. The van der Waals surface area contributed by atoms with Crippen LogP contribution in [0.25, 0.3) is 87.3 Å². The molecule has 1 aromatic heterocycles. The van der Waals surface area contributed by atoms with Gasteiger partial charge in [0.2, 0.25) is 0 Å². The Morgan fingerprint density at radius 3 is 1.60 bits per heavy atom. The lowest BCUT2D eigenvalue weighted by Crippen LogP contribution is -2.41. The van der Waals surface area contributed by atoms with Crippen molar-refractivity contribution in [3.8, 4) is 28.4 Å². The second-order valence-corrected chi connectivity index (χ2v) is 22.8.